The van der Waals surface area contributed by atoms with Crippen LogP contribution in [-0.2, 0) is 0 Å². The van der Waals surface area contributed by atoms with E-state index in [1.807, 2.05) is 0 Å². The molecule has 0 aliphatic heterocycles. The molecule has 2 N–H and O–H groups in total. The summed E-state index contributed by atoms with van der Waals surface area (Å²) < 4.78 is 0.645. The Morgan fingerprint density at radius 1 is 1.05 bits per heavy atom. The first-order chi connectivity index (χ1) is 9.86. The first-order valence-corrected chi connectivity index (χ1v) is 7.22. The summed E-state index contributed by atoms with van der Waals surface area (Å²) in [5.41, 5.74) is 0.404. The zero-order chi connectivity index (χ0) is 15.6. The molecule has 0 fully saturated rings. The zero-order valence-electron chi connectivity index (χ0n) is 10.4. The summed E-state index contributed by atoms with van der Waals surface area (Å²) in [6.45, 7) is 0. The van der Waals surface area contributed by atoms with Crippen LogP contribution in [0.4, 0.5) is 5.69 Å². The molecule has 0 unspecified atom stereocenters. The van der Waals surface area contributed by atoms with Gasteiger partial charge in [-0.2, -0.15) is 0 Å². The highest BCUT2D eigenvalue weighted by Gasteiger charge is 2.14. The molecule has 0 aliphatic carbocycles. The topological polar surface area (TPSA) is 66.4 Å². The predicted molar refractivity (Wildman–Crippen MR) is 85.5 cm³/mol. The number of carbonyl (C=O) groups excluding carboxylic acids is 1. The van der Waals surface area contributed by atoms with E-state index in [1.165, 1.54) is 30.3 Å². The fourth-order valence-corrected chi connectivity index (χ4v) is 2.57. The average molecular weight is 389 g/mol. The van der Waals surface area contributed by atoms with E-state index in [0.29, 0.717) is 14.5 Å². The van der Waals surface area contributed by atoms with Crippen molar-refractivity contribution in [1.82, 2.24) is 0 Å². The van der Waals surface area contributed by atoms with Crippen LogP contribution in [0.15, 0.2) is 40.9 Å². The Labute approximate surface area is 138 Å². The van der Waals surface area contributed by atoms with Gasteiger partial charge in [0.05, 0.1) is 11.3 Å². The summed E-state index contributed by atoms with van der Waals surface area (Å²) in [7, 11) is 0. The Kier molecular flexibility index (Phi) is 4.88. The lowest BCUT2D eigenvalue weighted by Gasteiger charge is -2.09. The van der Waals surface area contributed by atoms with Crippen molar-refractivity contribution in [3.63, 3.8) is 0 Å². The summed E-state index contributed by atoms with van der Waals surface area (Å²) in [6.07, 6.45) is 0. The van der Waals surface area contributed by atoms with E-state index in [4.69, 9.17) is 28.3 Å². The van der Waals surface area contributed by atoms with Gasteiger partial charge in [-0.3, -0.25) is 4.79 Å². The third kappa shape index (κ3) is 3.97. The molecule has 0 radical (unpaired) electrons. The summed E-state index contributed by atoms with van der Waals surface area (Å²) in [5.74, 6) is -1.64. The maximum atomic E-state index is 12.2. The van der Waals surface area contributed by atoms with Gasteiger partial charge in [0.15, 0.2) is 0 Å². The number of hydrogen-bond acceptors (Lipinski definition) is 2. The standard InChI is InChI=1S/C14H8BrCl2NO3/c15-8-1-2-11(14(20)21)12(5-8)18-13(19)7-3-9(16)6-10(17)4-7/h1-6H,(H,18,19)(H,20,21). The number of carboxylic acids is 1. The first-order valence-electron chi connectivity index (χ1n) is 5.67. The number of carboxylic acid groups (broad SMARTS) is 1. The highest BCUT2D eigenvalue weighted by Crippen LogP contribution is 2.24. The van der Waals surface area contributed by atoms with Gasteiger partial charge in [0.2, 0.25) is 0 Å². The molecular formula is C14H8BrCl2NO3. The second kappa shape index (κ2) is 6.47. The lowest BCUT2D eigenvalue weighted by atomic mass is 10.1. The Morgan fingerprint density at radius 3 is 2.24 bits per heavy atom. The van der Waals surface area contributed by atoms with Crippen LogP contribution in [0.1, 0.15) is 20.7 Å². The van der Waals surface area contributed by atoms with Gasteiger partial charge in [0.1, 0.15) is 0 Å². The van der Waals surface area contributed by atoms with Crippen LogP contribution >= 0.6 is 39.1 Å². The lowest BCUT2D eigenvalue weighted by molar-refractivity contribution is 0.0698. The van der Waals surface area contributed by atoms with Gasteiger partial charge in [0.25, 0.3) is 5.91 Å². The maximum absolute atomic E-state index is 12.2. The first kappa shape index (κ1) is 15.8. The van der Waals surface area contributed by atoms with Crippen molar-refractivity contribution >= 4 is 56.7 Å². The Bertz CT molecular complexity index is 714. The normalized spacial score (nSPS) is 10.2. The van der Waals surface area contributed by atoms with Gasteiger partial charge < -0.3 is 10.4 Å². The van der Waals surface area contributed by atoms with Crippen LogP contribution in [0.2, 0.25) is 10.0 Å². The number of nitrogens with one attached hydrogen (secondary N) is 1. The molecule has 0 saturated carbocycles. The Balaban J connectivity index is 2.35. The van der Waals surface area contributed by atoms with E-state index in [2.05, 4.69) is 21.2 Å². The molecule has 4 nitrogen and oxygen atoms in total. The third-order valence-corrected chi connectivity index (χ3v) is 3.51. The van der Waals surface area contributed by atoms with Crippen LogP contribution < -0.4 is 5.32 Å². The molecule has 108 valence electrons. The zero-order valence-corrected chi connectivity index (χ0v) is 13.5. The van der Waals surface area contributed by atoms with Gasteiger partial charge in [-0.25, -0.2) is 4.79 Å². The number of benzene rings is 2. The molecule has 7 heteroatoms. The molecule has 0 bridgehead atoms. The van der Waals surface area contributed by atoms with E-state index in [1.54, 1.807) is 6.07 Å². The van der Waals surface area contributed by atoms with Gasteiger partial charge >= 0.3 is 5.97 Å². The van der Waals surface area contributed by atoms with Crippen molar-refractivity contribution in [2.24, 2.45) is 0 Å². The quantitative estimate of drug-likeness (QED) is 0.800. The summed E-state index contributed by atoms with van der Waals surface area (Å²) in [5, 5.41) is 12.3. The molecule has 0 atom stereocenters. The predicted octanol–water partition coefficient (Wildman–Crippen LogP) is 4.71. The smallest absolute Gasteiger partial charge is 0.337 e. The minimum absolute atomic E-state index is 0.0142. The highest BCUT2D eigenvalue weighted by molar-refractivity contribution is 9.10. The van der Waals surface area contributed by atoms with Crippen molar-refractivity contribution < 1.29 is 14.7 Å². The number of carbonyl (C=O) groups is 2. The van der Waals surface area contributed by atoms with E-state index < -0.39 is 11.9 Å². The van der Waals surface area contributed by atoms with Crippen LogP contribution in [0.5, 0.6) is 0 Å². The molecule has 0 aromatic heterocycles. The number of amides is 1. The fourth-order valence-electron chi connectivity index (χ4n) is 1.69. The molecule has 0 heterocycles. The summed E-state index contributed by atoms with van der Waals surface area (Å²) in [4.78, 5) is 23.3. The summed E-state index contributed by atoms with van der Waals surface area (Å²) in [6, 6.07) is 8.87. The number of rotatable bonds is 3. The van der Waals surface area contributed by atoms with Gasteiger partial charge in [-0.05, 0) is 36.4 Å². The minimum atomic E-state index is -1.14. The molecule has 21 heavy (non-hydrogen) atoms. The van der Waals surface area contributed by atoms with Crippen LogP contribution in [0, 0.1) is 0 Å². The SMILES string of the molecule is O=C(Nc1cc(Br)ccc1C(=O)O)c1cc(Cl)cc(Cl)c1. The van der Waals surface area contributed by atoms with E-state index in [-0.39, 0.29) is 16.8 Å². The number of halogens is 3. The molecule has 2 rings (SSSR count). The number of anilines is 1. The third-order valence-electron chi connectivity index (χ3n) is 2.58. The molecule has 2 aromatic rings. The highest BCUT2D eigenvalue weighted by atomic mass is 79.9. The minimum Gasteiger partial charge on any atom is -0.478 e. The lowest BCUT2D eigenvalue weighted by Crippen LogP contribution is -2.15. The van der Waals surface area contributed by atoms with Crippen LogP contribution in [0.3, 0.4) is 0 Å². The fraction of sp³-hybridized carbons (Fsp3) is 0. The van der Waals surface area contributed by atoms with Crippen molar-refractivity contribution in [1.29, 1.82) is 0 Å². The molecule has 1 amide bonds. The molecule has 0 saturated heterocycles. The monoisotopic (exact) mass is 387 g/mol. The van der Waals surface area contributed by atoms with Gasteiger partial charge in [-0.15, -0.1) is 0 Å². The second-order valence-corrected chi connectivity index (χ2v) is 5.90. The van der Waals surface area contributed by atoms with Crippen molar-refractivity contribution in [3.05, 3.63) is 62.0 Å². The van der Waals surface area contributed by atoms with Crippen LogP contribution in [0.25, 0.3) is 0 Å². The number of aromatic carboxylic acids is 1. The second-order valence-electron chi connectivity index (χ2n) is 4.11. The number of hydrogen-bond donors (Lipinski definition) is 2. The van der Waals surface area contributed by atoms with Gasteiger partial charge in [-0.1, -0.05) is 39.1 Å². The van der Waals surface area contributed by atoms with Crippen LogP contribution in [-0.4, -0.2) is 17.0 Å². The van der Waals surface area contributed by atoms with Crippen molar-refractivity contribution in [3.8, 4) is 0 Å². The average Bonchev–Trinajstić information content (AvgIpc) is 2.37. The molecule has 0 spiro atoms. The van der Waals surface area contributed by atoms with Crippen molar-refractivity contribution in [2.45, 2.75) is 0 Å². The van der Waals surface area contributed by atoms with E-state index in [0.717, 1.165) is 0 Å². The van der Waals surface area contributed by atoms with E-state index >= 15 is 0 Å². The van der Waals surface area contributed by atoms with E-state index in [9.17, 15) is 9.59 Å². The summed E-state index contributed by atoms with van der Waals surface area (Å²) >= 11 is 14.9. The van der Waals surface area contributed by atoms with Gasteiger partial charge in [0, 0.05) is 20.1 Å². The largest absolute Gasteiger partial charge is 0.478 e. The Hall–Kier alpha value is -1.56. The Morgan fingerprint density at radius 2 is 1.67 bits per heavy atom. The molecule has 0 aliphatic rings. The van der Waals surface area contributed by atoms with Crippen molar-refractivity contribution in [2.75, 3.05) is 5.32 Å². The molecule has 2 aromatic carbocycles. The maximum Gasteiger partial charge on any atom is 0.337 e. The molecular weight excluding hydrogens is 381 g/mol.